The molecule has 1 unspecified atom stereocenters. The number of carbonyl (C=O) groups is 3. The van der Waals surface area contributed by atoms with Crippen LogP contribution in [0.2, 0.25) is 0 Å². The van der Waals surface area contributed by atoms with Crippen LogP contribution in [0.5, 0.6) is 0 Å². The summed E-state index contributed by atoms with van der Waals surface area (Å²) in [5.41, 5.74) is 7.96. The van der Waals surface area contributed by atoms with Gasteiger partial charge in [-0.15, -0.1) is 0 Å². The van der Waals surface area contributed by atoms with Gasteiger partial charge in [0.05, 0.1) is 6.67 Å². The predicted molar refractivity (Wildman–Crippen MR) is 102 cm³/mol. The van der Waals surface area contributed by atoms with Crippen molar-refractivity contribution in [3.63, 3.8) is 0 Å². The van der Waals surface area contributed by atoms with E-state index in [2.05, 4.69) is 16.0 Å². The number of carbonyl (C=O) groups excluding carboxylic acids is 2. The molecule has 0 fully saturated rings. The largest absolute Gasteiger partial charge is 0.480 e. The fraction of sp³-hybridized carbons (Fsp3) is 0.211. The fourth-order valence-electron chi connectivity index (χ4n) is 2.50. The van der Waals surface area contributed by atoms with Crippen LogP contribution in [-0.2, 0) is 16.0 Å². The van der Waals surface area contributed by atoms with E-state index in [0.717, 1.165) is 11.3 Å². The van der Waals surface area contributed by atoms with Gasteiger partial charge in [-0.2, -0.15) is 0 Å². The first-order valence-corrected chi connectivity index (χ1v) is 8.33. The summed E-state index contributed by atoms with van der Waals surface area (Å²) >= 11 is 0. The van der Waals surface area contributed by atoms with E-state index in [1.54, 1.807) is 42.5 Å². The van der Waals surface area contributed by atoms with E-state index in [-0.39, 0.29) is 19.0 Å². The normalized spacial score (nSPS) is 11.3. The molecule has 6 N–H and O–H groups in total. The van der Waals surface area contributed by atoms with E-state index in [1.807, 2.05) is 6.07 Å². The van der Waals surface area contributed by atoms with Gasteiger partial charge < -0.3 is 26.8 Å². The highest BCUT2D eigenvalue weighted by molar-refractivity contribution is 6.04. The third-order valence-electron chi connectivity index (χ3n) is 3.76. The van der Waals surface area contributed by atoms with E-state index in [4.69, 9.17) is 10.8 Å². The molecule has 0 aromatic heterocycles. The molecule has 0 spiro atoms. The smallest absolute Gasteiger partial charge is 0.326 e. The summed E-state index contributed by atoms with van der Waals surface area (Å²) in [4.78, 5) is 34.6. The van der Waals surface area contributed by atoms with Crippen LogP contribution in [0.25, 0.3) is 0 Å². The maximum atomic E-state index is 12.3. The van der Waals surface area contributed by atoms with Crippen molar-refractivity contribution in [1.82, 2.24) is 5.32 Å². The van der Waals surface area contributed by atoms with Gasteiger partial charge in [-0.1, -0.05) is 18.2 Å². The maximum absolute atomic E-state index is 12.3. The van der Waals surface area contributed by atoms with E-state index in [0.29, 0.717) is 11.3 Å². The molecule has 2 aromatic rings. The van der Waals surface area contributed by atoms with Gasteiger partial charge in [0.1, 0.15) is 6.04 Å². The summed E-state index contributed by atoms with van der Waals surface area (Å²) in [5.74, 6) is -1.78. The zero-order valence-electron chi connectivity index (χ0n) is 14.9. The van der Waals surface area contributed by atoms with Crippen LogP contribution in [0.3, 0.4) is 0 Å². The van der Waals surface area contributed by atoms with Crippen LogP contribution in [0, 0.1) is 0 Å². The second-order valence-corrected chi connectivity index (χ2v) is 5.91. The minimum absolute atomic E-state index is 0.149. The number of carboxylic acid groups (broad SMARTS) is 1. The molecule has 0 saturated carbocycles. The molecule has 27 heavy (non-hydrogen) atoms. The van der Waals surface area contributed by atoms with Gasteiger partial charge in [0.15, 0.2) is 0 Å². The topological polar surface area (TPSA) is 134 Å². The standard InChI is InChI=1S/C19H22N4O4/c1-12(24)22-17(19(26)27)9-13-5-7-15(8-6-13)23-18(25)14-3-2-4-16(10-14)21-11-20/h2-8,10,17,21H,9,11,20H2,1H3,(H,22,24)(H,23,25)(H,26,27). The van der Waals surface area contributed by atoms with Crippen molar-refractivity contribution in [1.29, 1.82) is 0 Å². The molecule has 0 heterocycles. The molecule has 1 atom stereocenters. The first kappa shape index (κ1) is 19.9. The Bertz CT molecular complexity index is 821. The summed E-state index contributed by atoms with van der Waals surface area (Å²) in [5, 5.41) is 17.3. The van der Waals surface area contributed by atoms with Crippen LogP contribution >= 0.6 is 0 Å². The Labute approximate surface area is 156 Å². The number of nitrogens with one attached hydrogen (secondary N) is 3. The zero-order chi connectivity index (χ0) is 19.8. The molecular weight excluding hydrogens is 348 g/mol. The van der Waals surface area contributed by atoms with Crippen LogP contribution in [0.4, 0.5) is 11.4 Å². The summed E-state index contributed by atoms with van der Waals surface area (Å²) in [6.45, 7) is 1.54. The molecule has 0 bridgehead atoms. The minimum atomic E-state index is -1.10. The van der Waals surface area contributed by atoms with Crippen molar-refractivity contribution < 1.29 is 19.5 Å². The fourth-order valence-corrected chi connectivity index (χ4v) is 2.50. The molecule has 0 aliphatic carbocycles. The number of benzene rings is 2. The summed E-state index contributed by atoms with van der Waals surface area (Å²) < 4.78 is 0. The number of hydrogen-bond acceptors (Lipinski definition) is 5. The number of hydrogen-bond donors (Lipinski definition) is 5. The zero-order valence-corrected chi connectivity index (χ0v) is 14.9. The summed E-state index contributed by atoms with van der Waals surface area (Å²) in [6, 6.07) is 12.7. The van der Waals surface area contributed by atoms with Gasteiger partial charge in [-0.3, -0.25) is 9.59 Å². The SMILES string of the molecule is CC(=O)NC(Cc1ccc(NC(=O)c2cccc(NCN)c2)cc1)C(=O)O. The number of amides is 2. The summed E-state index contributed by atoms with van der Waals surface area (Å²) in [7, 11) is 0. The van der Waals surface area contributed by atoms with Crippen LogP contribution in [-0.4, -0.2) is 35.6 Å². The van der Waals surface area contributed by atoms with Crippen molar-refractivity contribution in [3.05, 3.63) is 59.7 Å². The molecule has 0 aliphatic heterocycles. The Morgan fingerprint density at radius 2 is 1.78 bits per heavy atom. The molecule has 0 radical (unpaired) electrons. The Morgan fingerprint density at radius 3 is 2.37 bits per heavy atom. The molecular formula is C19H22N4O4. The van der Waals surface area contributed by atoms with Gasteiger partial charge in [0, 0.05) is 30.3 Å². The highest BCUT2D eigenvalue weighted by Crippen LogP contribution is 2.15. The van der Waals surface area contributed by atoms with Crippen molar-refractivity contribution in [3.8, 4) is 0 Å². The number of nitrogens with two attached hydrogens (primary N) is 1. The van der Waals surface area contributed by atoms with E-state index in [1.165, 1.54) is 6.92 Å². The van der Waals surface area contributed by atoms with Crippen LogP contribution in [0.15, 0.2) is 48.5 Å². The summed E-state index contributed by atoms with van der Waals surface area (Å²) in [6.07, 6.45) is 0.149. The third kappa shape index (κ3) is 6.12. The molecule has 0 saturated heterocycles. The molecule has 2 rings (SSSR count). The van der Waals surface area contributed by atoms with Crippen molar-refractivity contribution in [2.75, 3.05) is 17.3 Å². The van der Waals surface area contributed by atoms with E-state index >= 15 is 0 Å². The number of carboxylic acids is 1. The molecule has 8 nitrogen and oxygen atoms in total. The first-order valence-electron chi connectivity index (χ1n) is 8.33. The average Bonchev–Trinajstić information content (AvgIpc) is 2.63. The third-order valence-corrected chi connectivity index (χ3v) is 3.76. The molecule has 2 aromatic carbocycles. The molecule has 2 amide bonds. The van der Waals surface area contributed by atoms with Gasteiger partial charge in [0.2, 0.25) is 5.91 Å². The van der Waals surface area contributed by atoms with Crippen molar-refractivity contribution >= 4 is 29.2 Å². The van der Waals surface area contributed by atoms with Gasteiger partial charge in [-0.25, -0.2) is 4.79 Å². The Balaban J connectivity index is 2.02. The second kappa shape index (κ2) is 9.35. The Kier molecular flexibility index (Phi) is 6.90. The van der Waals surface area contributed by atoms with Crippen LogP contribution < -0.4 is 21.7 Å². The highest BCUT2D eigenvalue weighted by Gasteiger charge is 2.18. The quantitative estimate of drug-likeness (QED) is 0.446. The molecule has 0 aliphatic rings. The number of aliphatic carboxylic acids is 1. The number of anilines is 2. The molecule has 8 heteroatoms. The monoisotopic (exact) mass is 370 g/mol. The predicted octanol–water partition coefficient (Wildman–Crippen LogP) is 1.40. The highest BCUT2D eigenvalue weighted by atomic mass is 16.4. The van der Waals surface area contributed by atoms with Crippen LogP contribution in [0.1, 0.15) is 22.8 Å². The lowest BCUT2D eigenvalue weighted by molar-refractivity contribution is -0.141. The minimum Gasteiger partial charge on any atom is -0.480 e. The lowest BCUT2D eigenvalue weighted by Crippen LogP contribution is -2.41. The van der Waals surface area contributed by atoms with E-state index < -0.39 is 17.9 Å². The van der Waals surface area contributed by atoms with E-state index in [9.17, 15) is 14.4 Å². The Morgan fingerprint density at radius 1 is 1.07 bits per heavy atom. The second-order valence-electron chi connectivity index (χ2n) is 5.91. The van der Waals surface area contributed by atoms with Gasteiger partial charge in [0.25, 0.3) is 5.91 Å². The average molecular weight is 370 g/mol. The van der Waals surface area contributed by atoms with Gasteiger partial charge in [-0.05, 0) is 35.9 Å². The lowest BCUT2D eigenvalue weighted by atomic mass is 10.1. The van der Waals surface area contributed by atoms with Crippen molar-refractivity contribution in [2.45, 2.75) is 19.4 Å². The first-order chi connectivity index (χ1) is 12.9. The van der Waals surface area contributed by atoms with Crippen molar-refractivity contribution in [2.24, 2.45) is 5.73 Å². The van der Waals surface area contributed by atoms with Gasteiger partial charge >= 0.3 is 5.97 Å². The number of rotatable bonds is 8. The lowest BCUT2D eigenvalue weighted by Gasteiger charge is -2.13. The maximum Gasteiger partial charge on any atom is 0.326 e. The molecule has 142 valence electrons. The Hall–Kier alpha value is -3.39.